The summed E-state index contributed by atoms with van der Waals surface area (Å²) in [6, 6.07) is 11.4. The van der Waals surface area contributed by atoms with Crippen LogP contribution in [0.5, 0.6) is 11.5 Å². The molecule has 2 rings (SSSR count). The Balaban J connectivity index is 1.90. The number of benzene rings is 2. The SMILES string of the molecule is CCCCCCCCCCCCCCCCC(C(=O)Nc1ccccc1OC(F)F)C(=O)Nc1ccccc1OC(F)F. The molecule has 0 aliphatic carbocycles. The molecular weight excluding hydrogens is 564 g/mol. The van der Waals surface area contributed by atoms with Crippen molar-refractivity contribution >= 4 is 23.2 Å². The van der Waals surface area contributed by atoms with Crippen molar-refractivity contribution in [2.24, 2.45) is 5.92 Å². The molecule has 0 saturated carbocycles. The molecule has 0 aliphatic rings. The van der Waals surface area contributed by atoms with Crippen LogP contribution in [0.2, 0.25) is 0 Å². The van der Waals surface area contributed by atoms with Crippen molar-refractivity contribution < 1.29 is 36.6 Å². The van der Waals surface area contributed by atoms with Crippen LogP contribution in [0.4, 0.5) is 28.9 Å². The summed E-state index contributed by atoms with van der Waals surface area (Å²) in [6.45, 7) is -3.97. The van der Waals surface area contributed by atoms with Crippen LogP contribution in [-0.4, -0.2) is 25.0 Å². The highest BCUT2D eigenvalue weighted by Gasteiger charge is 2.28. The third-order valence-corrected chi connectivity index (χ3v) is 7.20. The Bertz CT molecular complexity index is 1000. The largest absolute Gasteiger partial charge is 0.433 e. The minimum atomic E-state index is -3.10. The molecule has 0 radical (unpaired) electrons. The van der Waals surface area contributed by atoms with Crippen LogP contribution < -0.4 is 20.1 Å². The predicted octanol–water partition coefficient (Wildman–Crippen LogP) is 9.95. The van der Waals surface area contributed by atoms with E-state index in [9.17, 15) is 27.2 Å². The van der Waals surface area contributed by atoms with Gasteiger partial charge in [0.05, 0.1) is 11.4 Å². The molecule has 0 bridgehead atoms. The fraction of sp³-hybridized carbons (Fsp3) is 0.576. The van der Waals surface area contributed by atoms with Crippen LogP contribution in [0.15, 0.2) is 48.5 Å². The van der Waals surface area contributed by atoms with Crippen molar-refractivity contribution in [2.75, 3.05) is 10.6 Å². The first-order valence-electron chi connectivity index (χ1n) is 15.5. The van der Waals surface area contributed by atoms with Crippen LogP contribution in [0, 0.1) is 5.92 Å². The fourth-order valence-electron chi connectivity index (χ4n) is 4.90. The number of amides is 2. The molecule has 0 saturated heterocycles. The summed E-state index contributed by atoms with van der Waals surface area (Å²) in [5, 5.41) is 5.04. The molecule has 0 atom stereocenters. The van der Waals surface area contributed by atoms with Crippen molar-refractivity contribution in [1.82, 2.24) is 0 Å². The summed E-state index contributed by atoms with van der Waals surface area (Å²) in [6.07, 6.45) is 16.3. The smallest absolute Gasteiger partial charge is 0.387 e. The third-order valence-electron chi connectivity index (χ3n) is 7.20. The Labute approximate surface area is 252 Å². The van der Waals surface area contributed by atoms with Crippen molar-refractivity contribution in [3.8, 4) is 11.5 Å². The lowest BCUT2D eigenvalue weighted by atomic mass is 9.97. The average Bonchev–Trinajstić information content (AvgIpc) is 2.96. The first kappa shape index (κ1) is 35.9. The van der Waals surface area contributed by atoms with Crippen LogP contribution >= 0.6 is 0 Å². The maximum atomic E-state index is 13.2. The second kappa shape index (κ2) is 21.4. The lowest BCUT2D eigenvalue weighted by Gasteiger charge is -2.19. The molecule has 0 fully saturated rings. The topological polar surface area (TPSA) is 76.7 Å². The average molecular weight is 611 g/mol. The van der Waals surface area contributed by atoms with Gasteiger partial charge in [0, 0.05) is 0 Å². The maximum absolute atomic E-state index is 13.2. The van der Waals surface area contributed by atoms with Gasteiger partial charge in [0.15, 0.2) is 0 Å². The Hall–Kier alpha value is -3.30. The van der Waals surface area contributed by atoms with E-state index in [-0.39, 0.29) is 29.3 Å². The van der Waals surface area contributed by atoms with Gasteiger partial charge in [-0.1, -0.05) is 121 Å². The number of hydrogen-bond donors (Lipinski definition) is 2. The molecule has 2 aromatic rings. The molecule has 240 valence electrons. The van der Waals surface area contributed by atoms with Gasteiger partial charge in [0.2, 0.25) is 11.8 Å². The van der Waals surface area contributed by atoms with E-state index >= 15 is 0 Å². The number of alkyl halides is 4. The van der Waals surface area contributed by atoms with Crippen molar-refractivity contribution in [3.63, 3.8) is 0 Å². The van der Waals surface area contributed by atoms with Crippen molar-refractivity contribution in [3.05, 3.63) is 48.5 Å². The monoisotopic (exact) mass is 610 g/mol. The molecule has 2 N–H and O–H groups in total. The van der Waals surface area contributed by atoms with Gasteiger partial charge in [-0.3, -0.25) is 9.59 Å². The zero-order chi connectivity index (χ0) is 31.3. The Kier molecular flexibility index (Phi) is 17.9. The summed E-state index contributed by atoms with van der Waals surface area (Å²) in [7, 11) is 0. The molecular formula is C33H46F4N2O4. The summed E-state index contributed by atoms with van der Waals surface area (Å²) >= 11 is 0. The Morgan fingerprint density at radius 3 is 1.30 bits per heavy atom. The van der Waals surface area contributed by atoms with Gasteiger partial charge in [0.1, 0.15) is 17.4 Å². The minimum absolute atomic E-state index is 0.00649. The number of nitrogens with one attached hydrogen (secondary N) is 2. The predicted molar refractivity (Wildman–Crippen MR) is 162 cm³/mol. The zero-order valence-electron chi connectivity index (χ0n) is 25.1. The van der Waals surface area contributed by atoms with Crippen molar-refractivity contribution in [1.29, 1.82) is 0 Å². The third kappa shape index (κ3) is 15.1. The first-order chi connectivity index (χ1) is 20.8. The molecule has 0 aliphatic heterocycles. The van der Waals surface area contributed by atoms with Gasteiger partial charge < -0.3 is 20.1 Å². The number of unbranched alkanes of at least 4 members (excludes halogenated alkanes) is 13. The molecule has 2 aromatic carbocycles. The lowest BCUT2D eigenvalue weighted by Crippen LogP contribution is -2.34. The number of carbonyl (C=O) groups excluding carboxylic acids is 2. The van der Waals surface area contributed by atoms with E-state index in [0.29, 0.717) is 6.42 Å². The first-order valence-corrected chi connectivity index (χ1v) is 15.5. The molecule has 0 aromatic heterocycles. The number of rotatable bonds is 23. The molecule has 2 amide bonds. The van der Waals surface area contributed by atoms with E-state index in [1.54, 1.807) is 0 Å². The number of hydrogen-bond acceptors (Lipinski definition) is 4. The van der Waals surface area contributed by atoms with Gasteiger partial charge in [-0.15, -0.1) is 0 Å². The van der Waals surface area contributed by atoms with Gasteiger partial charge in [0.25, 0.3) is 0 Å². The molecule has 0 unspecified atom stereocenters. The highest BCUT2D eigenvalue weighted by atomic mass is 19.3. The van der Waals surface area contributed by atoms with E-state index in [2.05, 4.69) is 27.0 Å². The highest BCUT2D eigenvalue weighted by molar-refractivity contribution is 6.11. The van der Waals surface area contributed by atoms with E-state index in [0.717, 1.165) is 25.7 Å². The molecule has 0 heterocycles. The van der Waals surface area contributed by atoms with Crippen LogP contribution in [0.25, 0.3) is 0 Å². The second-order valence-corrected chi connectivity index (χ2v) is 10.7. The van der Waals surface area contributed by atoms with E-state index in [1.165, 1.54) is 106 Å². The van der Waals surface area contributed by atoms with Crippen LogP contribution in [-0.2, 0) is 9.59 Å². The molecule has 0 spiro atoms. The van der Waals surface area contributed by atoms with Gasteiger partial charge in [-0.05, 0) is 30.7 Å². The van der Waals surface area contributed by atoms with Gasteiger partial charge >= 0.3 is 13.2 Å². The summed E-state index contributed by atoms with van der Waals surface area (Å²) in [5.74, 6) is -3.12. The molecule has 43 heavy (non-hydrogen) atoms. The van der Waals surface area contributed by atoms with E-state index < -0.39 is 31.0 Å². The summed E-state index contributed by atoms with van der Waals surface area (Å²) in [4.78, 5) is 26.5. The Morgan fingerprint density at radius 1 is 0.581 bits per heavy atom. The number of anilines is 2. The van der Waals surface area contributed by atoms with Gasteiger partial charge in [-0.2, -0.15) is 17.6 Å². The highest BCUT2D eigenvalue weighted by Crippen LogP contribution is 2.29. The quantitative estimate of drug-likeness (QED) is 0.0746. The second-order valence-electron chi connectivity index (χ2n) is 10.7. The Morgan fingerprint density at radius 2 is 0.930 bits per heavy atom. The van der Waals surface area contributed by atoms with Crippen molar-refractivity contribution in [2.45, 2.75) is 116 Å². The van der Waals surface area contributed by atoms with Crippen LogP contribution in [0.3, 0.4) is 0 Å². The van der Waals surface area contributed by atoms with E-state index in [4.69, 9.17) is 0 Å². The number of para-hydroxylation sites is 4. The maximum Gasteiger partial charge on any atom is 0.387 e. The standard InChI is InChI=1S/C33H46F4N2O4/c1-2-3-4-5-6-7-8-9-10-11-12-13-14-15-20-25(30(40)38-26-21-16-18-23-28(26)42-32(34)35)31(41)39-27-22-17-19-24-29(27)43-33(36)37/h16-19,21-25,32-33H,2-15,20H2,1H3,(H,38,40)(H,39,41). The summed E-state index contributed by atoms with van der Waals surface area (Å²) in [5.41, 5.74) is -0.0130. The zero-order valence-corrected chi connectivity index (χ0v) is 25.1. The number of carbonyl (C=O) groups is 2. The lowest BCUT2D eigenvalue weighted by molar-refractivity contribution is -0.129. The number of halogens is 4. The minimum Gasteiger partial charge on any atom is -0.433 e. The molecule has 10 heteroatoms. The van der Waals surface area contributed by atoms with E-state index in [1.807, 2.05) is 0 Å². The number of ether oxygens (including phenoxy) is 2. The molecule has 6 nitrogen and oxygen atoms in total. The summed E-state index contributed by atoms with van der Waals surface area (Å²) < 4.78 is 60.4. The van der Waals surface area contributed by atoms with Gasteiger partial charge in [-0.25, -0.2) is 0 Å². The van der Waals surface area contributed by atoms with Crippen LogP contribution in [0.1, 0.15) is 103 Å². The normalized spacial score (nSPS) is 11.3. The fourth-order valence-corrected chi connectivity index (χ4v) is 4.90.